The van der Waals surface area contributed by atoms with E-state index in [0.717, 1.165) is 35.5 Å². The van der Waals surface area contributed by atoms with E-state index in [4.69, 9.17) is 12.2 Å². The molecule has 4 nitrogen and oxygen atoms in total. The lowest BCUT2D eigenvalue weighted by atomic mass is 10.1. The third kappa shape index (κ3) is 3.03. The molecule has 1 heterocycles. The Morgan fingerprint density at radius 1 is 1.47 bits per heavy atom. The number of nitrogens with one attached hydrogen (secondary N) is 1. The van der Waals surface area contributed by atoms with Gasteiger partial charge in [0, 0.05) is 24.7 Å². The molecule has 0 saturated heterocycles. The average Bonchev–Trinajstić information content (AvgIpc) is 2.55. The maximum atomic E-state index is 13.9. The van der Waals surface area contributed by atoms with Gasteiger partial charge in [0.15, 0.2) is 0 Å². The zero-order chi connectivity index (χ0) is 14.2. The monoisotopic (exact) mass is 302 g/mol. The fourth-order valence-electron chi connectivity index (χ4n) is 2.14. The lowest BCUT2D eigenvalue weighted by Gasteiger charge is -2.19. The molecule has 1 aliphatic rings. The first-order valence-corrected chi connectivity index (χ1v) is 8.22. The predicted molar refractivity (Wildman–Crippen MR) is 78.8 cm³/mol. The van der Waals surface area contributed by atoms with Gasteiger partial charge in [0.25, 0.3) is 0 Å². The smallest absolute Gasteiger partial charge is 0.229 e. The first-order chi connectivity index (χ1) is 8.81. The van der Waals surface area contributed by atoms with Crippen molar-refractivity contribution in [2.45, 2.75) is 19.8 Å². The third-order valence-corrected chi connectivity index (χ3v) is 3.80. The largest absolute Gasteiger partial charge is 0.335 e. The van der Waals surface area contributed by atoms with Crippen LogP contribution in [0.25, 0.3) is 0 Å². The molecular weight excluding hydrogens is 287 g/mol. The Labute approximate surface area is 117 Å². The summed E-state index contributed by atoms with van der Waals surface area (Å²) in [7, 11) is -3.49. The molecule has 104 valence electrons. The Bertz CT molecular complexity index is 629. The second-order valence-corrected chi connectivity index (χ2v) is 6.78. The van der Waals surface area contributed by atoms with Gasteiger partial charge in [-0.05, 0) is 18.1 Å². The van der Waals surface area contributed by atoms with Crippen molar-refractivity contribution in [3.05, 3.63) is 23.5 Å². The van der Waals surface area contributed by atoms with E-state index in [9.17, 15) is 12.8 Å². The van der Waals surface area contributed by atoms with Crippen LogP contribution in [0.3, 0.4) is 0 Å². The highest BCUT2D eigenvalue weighted by atomic mass is 32.2. The molecule has 0 fully saturated rings. The lowest BCUT2D eigenvalue weighted by molar-refractivity contribution is 0.603. The van der Waals surface area contributed by atoms with E-state index >= 15 is 0 Å². The molecule has 0 saturated carbocycles. The van der Waals surface area contributed by atoms with Crippen LogP contribution in [0.4, 0.5) is 15.8 Å². The van der Waals surface area contributed by atoms with Gasteiger partial charge in [0.1, 0.15) is 5.82 Å². The number of fused-ring (bicyclic) bond motifs is 1. The van der Waals surface area contributed by atoms with Gasteiger partial charge in [-0.2, -0.15) is 0 Å². The molecule has 19 heavy (non-hydrogen) atoms. The van der Waals surface area contributed by atoms with Gasteiger partial charge in [0.05, 0.1) is 16.9 Å². The number of sulfonamides is 1. The maximum absolute atomic E-state index is 13.9. The van der Waals surface area contributed by atoms with Crippen molar-refractivity contribution in [1.29, 1.82) is 0 Å². The van der Waals surface area contributed by atoms with Crippen molar-refractivity contribution < 1.29 is 12.8 Å². The van der Waals surface area contributed by atoms with E-state index in [2.05, 4.69) is 4.72 Å². The van der Waals surface area contributed by atoms with Gasteiger partial charge < -0.3 is 4.90 Å². The topological polar surface area (TPSA) is 49.4 Å². The molecule has 0 radical (unpaired) electrons. The van der Waals surface area contributed by atoms with Crippen molar-refractivity contribution >= 4 is 38.6 Å². The van der Waals surface area contributed by atoms with E-state index in [1.165, 1.54) is 12.1 Å². The summed E-state index contributed by atoms with van der Waals surface area (Å²) in [4.78, 5) is 2.64. The first-order valence-electron chi connectivity index (χ1n) is 5.92. The minimum atomic E-state index is -3.49. The molecule has 1 N–H and O–H groups in total. The SMILES string of the molecule is CCCN1C(=S)Cc2cc(NS(C)(=O)=O)c(F)cc21. The van der Waals surface area contributed by atoms with Crippen LogP contribution in [0.2, 0.25) is 0 Å². The number of hydrogen-bond donors (Lipinski definition) is 1. The minimum absolute atomic E-state index is 0.0256. The Morgan fingerprint density at radius 2 is 2.16 bits per heavy atom. The van der Waals surface area contributed by atoms with Crippen LogP contribution in [0.5, 0.6) is 0 Å². The van der Waals surface area contributed by atoms with E-state index in [1.807, 2.05) is 11.8 Å². The zero-order valence-corrected chi connectivity index (χ0v) is 12.4. The maximum Gasteiger partial charge on any atom is 0.229 e. The van der Waals surface area contributed by atoms with Crippen LogP contribution < -0.4 is 9.62 Å². The summed E-state index contributed by atoms with van der Waals surface area (Å²) in [5.41, 5.74) is 1.57. The normalized spacial score (nSPS) is 14.7. The van der Waals surface area contributed by atoms with E-state index in [-0.39, 0.29) is 5.69 Å². The Balaban J connectivity index is 2.41. The van der Waals surface area contributed by atoms with Gasteiger partial charge in [-0.15, -0.1) is 0 Å². The molecule has 1 aromatic rings. The summed E-state index contributed by atoms with van der Waals surface area (Å²) in [6.45, 7) is 2.76. The molecule has 2 rings (SSSR count). The molecule has 0 atom stereocenters. The van der Waals surface area contributed by atoms with Crippen molar-refractivity contribution in [3.63, 3.8) is 0 Å². The molecule has 1 aromatic carbocycles. The summed E-state index contributed by atoms with van der Waals surface area (Å²) in [6, 6.07) is 2.87. The summed E-state index contributed by atoms with van der Waals surface area (Å²) in [6.07, 6.45) is 2.45. The van der Waals surface area contributed by atoms with Gasteiger partial charge in [-0.25, -0.2) is 12.8 Å². The van der Waals surface area contributed by atoms with E-state index < -0.39 is 15.8 Å². The summed E-state index contributed by atoms with van der Waals surface area (Å²) >= 11 is 5.27. The molecular formula is C12H15FN2O2S2. The van der Waals surface area contributed by atoms with Crippen molar-refractivity contribution in [1.82, 2.24) is 0 Å². The molecule has 0 amide bonds. The van der Waals surface area contributed by atoms with Crippen molar-refractivity contribution in [2.75, 3.05) is 22.4 Å². The Kier molecular flexibility index (Phi) is 3.78. The van der Waals surface area contributed by atoms with Crippen LogP contribution in [-0.4, -0.2) is 26.2 Å². The molecule has 0 aromatic heterocycles. The van der Waals surface area contributed by atoms with Gasteiger partial charge in [0.2, 0.25) is 10.0 Å². The molecule has 1 aliphatic heterocycles. The lowest BCUT2D eigenvalue weighted by Crippen LogP contribution is -2.25. The average molecular weight is 302 g/mol. The summed E-state index contributed by atoms with van der Waals surface area (Å²) in [5.74, 6) is -0.588. The Morgan fingerprint density at radius 3 is 2.74 bits per heavy atom. The van der Waals surface area contributed by atoms with Crippen LogP contribution >= 0.6 is 12.2 Å². The van der Waals surface area contributed by atoms with E-state index in [0.29, 0.717) is 6.42 Å². The molecule has 0 unspecified atom stereocenters. The summed E-state index contributed by atoms with van der Waals surface area (Å²) < 4.78 is 38.4. The van der Waals surface area contributed by atoms with Crippen LogP contribution in [-0.2, 0) is 16.4 Å². The minimum Gasteiger partial charge on any atom is -0.335 e. The molecule has 0 aliphatic carbocycles. The number of benzene rings is 1. The number of thiocarbonyl (C=S) groups is 1. The van der Waals surface area contributed by atoms with Crippen LogP contribution in [0, 0.1) is 5.82 Å². The van der Waals surface area contributed by atoms with Crippen molar-refractivity contribution in [2.24, 2.45) is 0 Å². The van der Waals surface area contributed by atoms with Crippen LogP contribution in [0.1, 0.15) is 18.9 Å². The Hall–Kier alpha value is -1.21. The highest BCUT2D eigenvalue weighted by Gasteiger charge is 2.25. The first kappa shape index (κ1) is 14.2. The fourth-order valence-corrected chi connectivity index (χ4v) is 3.04. The number of hydrogen-bond acceptors (Lipinski definition) is 3. The molecule has 0 bridgehead atoms. The van der Waals surface area contributed by atoms with Crippen LogP contribution in [0.15, 0.2) is 12.1 Å². The third-order valence-electron chi connectivity index (χ3n) is 2.84. The fraction of sp³-hybridized carbons (Fsp3) is 0.417. The van der Waals surface area contributed by atoms with Gasteiger partial charge in [-0.3, -0.25) is 4.72 Å². The summed E-state index contributed by atoms with van der Waals surface area (Å²) in [5, 5.41) is 0. The second kappa shape index (κ2) is 5.05. The number of anilines is 2. The van der Waals surface area contributed by atoms with Gasteiger partial charge in [-0.1, -0.05) is 19.1 Å². The zero-order valence-electron chi connectivity index (χ0n) is 10.7. The number of halogens is 1. The quantitative estimate of drug-likeness (QED) is 0.867. The van der Waals surface area contributed by atoms with E-state index in [1.54, 1.807) is 0 Å². The molecule has 0 spiro atoms. The highest BCUT2D eigenvalue weighted by molar-refractivity contribution is 7.92. The predicted octanol–water partition coefficient (Wildman–Crippen LogP) is 2.30. The second-order valence-electron chi connectivity index (χ2n) is 4.56. The highest BCUT2D eigenvalue weighted by Crippen LogP contribution is 2.34. The standard InChI is InChI=1S/C12H15FN2O2S2/c1-3-4-15-11-7-9(13)10(14-19(2,16)17)5-8(11)6-12(15)18/h5,7,14H,3-4,6H2,1-2H3. The number of nitrogens with zero attached hydrogens (tertiary/aromatic N) is 1. The van der Waals surface area contributed by atoms with Crippen molar-refractivity contribution in [3.8, 4) is 0 Å². The number of rotatable bonds is 4. The van der Waals surface area contributed by atoms with Gasteiger partial charge >= 0.3 is 0 Å². The molecule has 7 heteroatoms.